The van der Waals surface area contributed by atoms with E-state index in [4.69, 9.17) is 15.7 Å². The van der Waals surface area contributed by atoms with E-state index in [0.717, 1.165) is 25.7 Å². The van der Waals surface area contributed by atoms with Crippen molar-refractivity contribution >= 4 is 5.91 Å². The van der Waals surface area contributed by atoms with Crippen molar-refractivity contribution in [3.05, 3.63) is 29.8 Å². The van der Waals surface area contributed by atoms with Gasteiger partial charge in [0, 0.05) is 6.42 Å². The summed E-state index contributed by atoms with van der Waals surface area (Å²) in [5.74, 6) is 0.115. The first-order valence-electron chi connectivity index (χ1n) is 7.64. The van der Waals surface area contributed by atoms with Crippen molar-refractivity contribution in [1.29, 1.82) is 5.26 Å². The van der Waals surface area contributed by atoms with Crippen LogP contribution in [0.25, 0.3) is 0 Å². The van der Waals surface area contributed by atoms with E-state index in [1.165, 1.54) is 19.3 Å². The third kappa shape index (κ3) is 7.36. The number of nitrogens with zero attached hydrogens (tertiary/aromatic N) is 1. The van der Waals surface area contributed by atoms with E-state index in [2.05, 4.69) is 6.07 Å². The molecule has 1 aromatic carbocycles. The molecule has 21 heavy (non-hydrogen) atoms. The van der Waals surface area contributed by atoms with Gasteiger partial charge in [-0.25, -0.2) is 0 Å². The molecule has 1 amide bonds. The molecule has 0 bridgehead atoms. The minimum atomic E-state index is -0.456. The van der Waals surface area contributed by atoms with Gasteiger partial charge in [0.25, 0.3) is 5.91 Å². The molecule has 0 saturated carbocycles. The number of carbonyl (C=O) groups excluding carboxylic acids is 1. The molecule has 4 heteroatoms. The Morgan fingerprint density at radius 2 is 1.67 bits per heavy atom. The van der Waals surface area contributed by atoms with Crippen LogP contribution in [0.15, 0.2) is 24.3 Å². The first kappa shape index (κ1) is 17.0. The van der Waals surface area contributed by atoms with Gasteiger partial charge in [0.2, 0.25) is 0 Å². The fourth-order valence-corrected chi connectivity index (χ4v) is 2.17. The number of nitrogens with two attached hydrogens (primary N) is 1. The number of unbranched alkanes of at least 4 members (excludes halogenated alkanes) is 7. The Bertz CT molecular complexity index is 466. The number of primary amides is 1. The van der Waals surface area contributed by atoms with Crippen molar-refractivity contribution in [1.82, 2.24) is 0 Å². The van der Waals surface area contributed by atoms with E-state index in [-0.39, 0.29) is 0 Å². The molecule has 0 aliphatic heterocycles. The number of carbonyl (C=O) groups is 1. The Morgan fingerprint density at radius 1 is 1.05 bits per heavy atom. The van der Waals surface area contributed by atoms with Crippen LogP contribution in [0.3, 0.4) is 0 Å². The molecule has 2 N–H and O–H groups in total. The van der Waals surface area contributed by atoms with Crippen molar-refractivity contribution < 1.29 is 9.53 Å². The van der Waals surface area contributed by atoms with Crippen LogP contribution in [0.5, 0.6) is 5.75 Å². The van der Waals surface area contributed by atoms with Crippen LogP contribution in [0.4, 0.5) is 0 Å². The summed E-state index contributed by atoms with van der Waals surface area (Å²) >= 11 is 0. The Kier molecular flexibility index (Phi) is 8.70. The van der Waals surface area contributed by atoms with E-state index in [0.29, 0.717) is 24.3 Å². The van der Waals surface area contributed by atoms with Gasteiger partial charge in [-0.3, -0.25) is 4.79 Å². The highest BCUT2D eigenvalue weighted by Gasteiger charge is 2.07. The molecule has 1 rings (SSSR count). The molecule has 0 aliphatic carbocycles. The van der Waals surface area contributed by atoms with Crippen LogP contribution in [-0.2, 0) is 0 Å². The van der Waals surface area contributed by atoms with Crippen LogP contribution < -0.4 is 10.5 Å². The van der Waals surface area contributed by atoms with Crippen LogP contribution in [0, 0.1) is 11.3 Å². The van der Waals surface area contributed by atoms with E-state index in [1.807, 2.05) is 6.07 Å². The van der Waals surface area contributed by atoms with Crippen molar-refractivity contribution in [2.24, 2.45) is 5.73 Å². The van der Waals surface area contributed by atoms with Crippen LogP contribution in [-0.4, -0.2) is 12.5 Å². The van der Waals surface area contributed by atoms with E-state index >= 15 is 0 Å². The van der Waals surface area contributed by atoms with Crippen molar-refractivity contribution in [2.45, 2.75) is 51.4 Å². The van der Waals surface area contributed by atoms with Crippen LogP contribution >= 0.6 is 0 Å². The third-order valence-corrected chi connectivity index (χ3v) is 3.34. The van der Waals surface area contributed by atoms with Gasteiger partial charge in [0.15, 0.2) is 0 Å². The molecular formula is C17H24N2O2. The van der Waals surface area contributed by atoms with Gasteiger partial charge in [0.1, 0.15) is 5.75 Å². The summed E-state index contributed by atoms with van der Waals surface area (Å²) in [5, 5.41) is 8.42. The Hall–Kier alpha value is -2.02. The second-order valence-corrected chi connectivity index (χ2v) is 5.09. The van der Waals surface area contributed by atoms with Gasteiger partial charge in [-0.15, -0.1) is 0 Å². The smallest absolute Gasteiger partial charge is 0.252 e. The van der Waals surface area contributed by atoms with Gasteiger partial charge in [-0.2, -0.15) is 5.26 Å². The zero-order valence-corrected chi connectivity index (χ0v) is 12.5. The van der Waals surface area contributed by atoms with Gasteiger partial charge in [0.05, 0.1) is 18.2 Å². The number of benzene rings is 1. The lowest BCUT2D eigenvalue weighted by molar-refractivity contribution is 0.0996. The minimum Gasteiger partial charge on any atom is -0.493 e. The lowest BCUT2D eigenvalue weighted by atomic mass is 10.1. The third-order valence-electron chi connectivity index (χ3n) is 3.34. The molecule has 0 unspecified atom stereocenters. The van der Waals surface area contributed by atoms with Gasteiger partial charge >= 0.3 is 0 Å². The average Bonchev–Trinajstić information content (AvgIpc) is 2.49. The standard InChI is InChI=1S/C17H24N2O2/c18-13-9-5-3-1-2-4-6-10-14-21-16-12-8-7-11-15(16)17(19)20/h7-8,11-12H,1-6,9-10,14H2,(H2,19,20). The monoisotopic (exact) mass is 288 g/mol. The normalized spacial score (nSPS) is 10.0. The molecule has 0 heterocycles. The second kappa shape index (κ2) is 10.7. The first-order valence-corrected chi connectivity index (χ1v) is 7.64. The second-order valence-electron chi connectivity index (χ2n) is 5.09. The molecule has 0 spiro atoms. The summed E-state index contributed by atoms with van der Waals surface area (Å²) in [4.78, 5) is 11.2. The molecular weight excluding hydrogens is 264 g/mol. The van der Waals surface area contributed by atoms with Crippen molar-refractivity contribution in [3.63, 3.8) is 0 Å². The van der Waals surface area contributed by atoms with Crippen LogP contribution in [0.2, 0.25) is 0 Å². The number of nitriles is 1. The molecule has 0 saturated heterocycles. The van der Waals surface area contributed by atoms with Gasteiger partial charge in [-0.1, -0.05) is 44.2 Å². The largest absolute Gasteiger partial charge is 0.493 e. The quantitative estimate of drug-likeness (QED) is 0.629. The Balaban J connectivity index is 2.07. The maximum Gasteiger partial charge on any atom is 0.252 e. The summed E-state index contributed by atoms with van der Waals surface area (Å²) in [5.41, 5.74) is 5.74. The summed E-state index contributed by atoms with van der Waals surface area (Å²) in [6.45, 7) is 0.610. The van der Waals surface area contributed by atoms with Crippen molar-refractivity contribution in [2.75, 3.05) is 6.61 Å². The Labute approximate surface area is 126 Å². The molecule has 1 aromatic rings. The molecule has 0 atom stereocenters. The number of hydrogen-bond donors (Lipinski definition) is 1. The first-order chi connectivity index (χ1) is 10.3. The van der Waals surface area contributed by atoms with Gasteiger partial charge < -0.3 is 10.5 Å². The van der Waals surface area contributed by atoms with Crippen molar-refractivity contribution in [3.8, 4) is 11.8 Å². The fraction of sp³-hybridized carbons (Fsp3) is 0.529. The molecule has 0 aromatic heterocycles. The lowest BCUT2D eigenvalue weighted by Gasteiger charge is -2.09. The predicted octanol–water partition coefficient (Wildman–Crippen LogP) is 3.81. The lowest BCUT2D eigenvalue weighted by Crippen LogP contribution is -2.13. The van der Waals surface area contributed by atoms with E-state index in [1.54, 1.807) is 18.2 Å². The number of amides is 1. The minimum absolute atomic E-state index is 0.440. The SMILES string of the molecule is N#CCCCCCCCCCOc1ccccc1C(N)=O. The van der Waals surface area contributed by atoms with E-state index < -0.39 is 5.91 Å². The molecule has 0 aliphatic rings. The summed E-state index contributed by atoms with van der Waals surface area (Å²) in [6, 6.07) is 9.23. The Morgan fingerprint density at radius 3 is 2.33 bits per heavy atom. The molecule has 4 nitrogen and oxygen atoms in total. The number of ether oxygens (including phenoxy) is 1. The predicted molar refractivity (Wildman–Crippen MR) is 83.0 cm³/mol. The van der Waals surface area contributed by atoms with E-state index in [9.17, 15) is 4.79 Å². The summed E-state index contributed by atoms with van der Waals surface area (Å²) in [7, 11) is 0. The molecule has 114 valence electrons. The highest BCUT2D eigenvalue weighted by molar-refractivity contribution is 5.95. The topological polar surface area (TPSA) is 76.1 Å². The number of rotatable bonds is 11. The zero-order valence-electron chi connectivity index (χ0n) is 12.5. The fourth-order valence-electron chi connectivity index (χ4n) is 2.17. The zero-order chi connectivity index (χ0) is 15.3. The van der Waals surface area contributed by atoms with Gasteiger partial charge in [-0.05, 0) is 25.0 Å². The molecule has 0 fully saturated rings. The summed E-state index contributed by atoms with van der Waals surface area (Å²) in [6.07, 6.45) is 8.54. The number of hydrogen-bond acceptors (Lipinski definition) is 3. The maximum absolute atomic E-state index is 11.2. The number of para-hydroxylation sites is 1. The maximum atomic E-state index is 11.2. The summed E-state index contributed by atoms with van der Waals surface area (Å²) < 4.78 is 5.62. The highest BCUT2D eigenvalue weighted by atomic mass is 16.5. The van der Waals surface area contributed by atoms with Crippen LogP contribution in [0.1, 0.15) is 61.7 Å². The average molecular weight is 288 g/mol. The molecule has 0 radical (unpaired) electrons. The highest BCUT2D eigenvalue weighted by Crippen LogP contribution is 2.17.